The largest absolute Gasteiger partial charge is 0.465 e. The van der Waals surface area contributed by atoms with Gasteiger partial charge in [0, 0.05) is 0 Å². The summed E-state index contributed by atoms with van der Waals surface area (Å²) >= 11 is 0. The van der Waals surface area contributed by atoms with Gasteiger partial charge in [-0.1, -0.05) is 12.8 Å². The van der Waals surface area contributed by atoms with Crippen molar-refractivity contribution in [1.29, 1.82) is 0 Å². The Hall–Kier alpha value is -0.610. The molecule has 4 nitrogen and oxygen atoms in total. The molecule has 4 heteroatoms. The van der Waals surface area contributed by atoms with E-state index < -0.39 is 0 Å². The average molecular weight is 256 g/mol. The van der Waals surface area contributed by atoms with E-state index in [0.29, 0.717) is 13.2 Å². The highest BCUT2D eigenvalue weighted by Gasteiger charge is 2.13. The Morgan fingerprint density at radius 3 is 2.11 bits per heavy atom. The summed E-state index contributed by atoms with van der Waals surface area (Å²) in [6, 6.07) is 0. The molecule has 2 saturated heterocycles. The number of carbonyl (C=O) groups is 1. The van der Waals surface area contributed by atoms with Crippen LogP contribution in [0.3, 0.4) is 0 Å². The number of likely N-dealkylation sites (tertiary alicyclic amines) is 1. The highest BCUT2D eigenvalue weighted by Crippen LogP contribution is 2.07. The van der Waals surface area contributed by atoms with Crippen LogP contribution in [-0.2, 0) is 9.53 Å². The van der Waals surface area contributed by atoms with Gasteiger partial charge in [-0.2, -0.15) is 0 Å². The first-order valence-electron chi connectivity index (χ1n) is 7.41. The number of esters is 1. The van der Waals surface area contributed by atoms with Crippen molar-refractivity contribution in [3.8, 4) is 0 Å². The lowest BCUT2D eigenvalue weighted by atomic mass is 10.1. The quantitative estimate of drug-likeness (QED) is 0.782. The number of nitrogens with zero attached hydrogens (tertiary/aromatic N) is 1. The van der Waals surface area contributed by atoms with Crippen LogP contribution < -0.4 is 5.32 Å². The maximum atomic E-state index is 11.0. The third kappa shape index (κ3) is 7.67. The molecule has 18 heavy (non-hydrogen) atoms. The Bertz CT molecular complexity index is 200. The van der Waals surface area contributed by atoms with E-state index in [-0.39, 0.29) is 5.97 Å². The van der Waals surface area contributed by atoms with Crippen LogP contribution in [0.4, 0.5) is 0 Å². The Labute approximate surface area is 111 Å². The van der Waals surface area contributed by atoms with Crippen molar-refractivity contribution in [3.05, 3.63) is 0 Å². The molecule has 0 spiro atoms. The number of rotatable bonds is 3. The Balaban J connectivity index is 0.000000225. The van der Waals surface area contributed by atoms with Gasteiger partial charge in [-0.25, -0.2) is 0 Å². The van der Waals surface area contributed by atoms with Gasteiger partial charge in [0.05, 0.1) is 13.2 Å². The molecule has 0 aromatic rings. The molecule has 0 aliphatic carbocycles. The Kier molecular flexibility index (Phi) is 8.86. The molecule has 1 N–H and O–H groups in total. The first-order valence-corrected chi connectivity index (χ1v) is 7.41. The van der Waals surface area contributed by atoms with Crippen LogP contribution in [-0.4, -0.2) is 50.2 Å². The minimum absolute atomic E-state index is 0.0839. The average Bonchev–Trinajstić information content (AvgIpc) is 2.43. The summed E-state index contributed by atoms with van der Waals surface area (Å²) in [5.74, 6) is -0.0839. The van der Waals surface area contributed by atoms with Crippen molar-refractivity contribution in [3.63, 3.8) is 0 Å². The van der Waals surface area contributed by atoms with Crippen molar-refractivity contribution < 1.29 is 9.53 Å². The summed E-state index contributed by atoms with van der Waals surface area (Å²) in [6.07, 6.45) is 7.96. The van der Waals surface area contributed by atoms with E-state index in [2.05, 4.69) is 10.2 Å². The van der Waals surface area contributed by atoms with E-state index >= 15 is 0 Å². The molecule has 2 aliphatic rings. The number of nitrogens with one attached hydrogen (secondary N) is 1. The fraction of sp³-hybridized carbons (Fsp3) is 0.929. The van der Waals surface area contributed by atoms with Crippen molar-refractivity contribution in [1.82, 2.24) is 10.2 Å². The lowest BCUT2D eigenvalue weighted by Crippen LogP contribution is -2.35. The first kappa shape index (κ1) is 15.4. The second-order valence-corrected chi connectivity index (χ2v) is 4.95. The van der Waals surface area contributed by atoms with Crippen LogP contribution >= 0.6 is 0 Å². The second-order valence-electron chi connectivity index (χ2n) is 4.95. The summed E-state index contributed by atoms with van der Waals surface area (Å²) in [4.78, 5) is 13.2. The van der Waals surface area contributed by atoms with Gasteiger partial charge in [-0.3, -0.25) is 9.69 Å². The van der Waals surface area contributed by atoms with Crippen molar-refractivity contribution >= 4 is 5.97 Å². The molecule has 0 aromatic carbocycles. The van der Waals surface area contributed by atoms with Crippen LogP contribution in [0.1, 0.15) is 45.4 Å². The van der Waals surface area contributed by atoms with Gasteiger partial charge in [0.2, 0.25) is 0 Å². The second kappa shape index (κ2) is 10.3. The topological polar surface area (TPSA) is 41.6 Å². The standard InChI is InChI=1S/C9H17NO2.C5H11N/c1-2-12-9(11)8-10-6-4-3-5-7-10;1-2-4-6-5-3-1/h2-8H2,1H3;6H,1-5H2. The number of ether oxygens (including phenoxy) is 1. The van der Waals surface area contributed by atoms with Gasteiger partial charge >= 0.3 is 5.97 Å². The van der Waals surface area contributed by atoms with Crippen LogP contribution in [0, 0.1) is 0 Å². The number of hydrogen-bond acceptors (Lipinski definition) is 4. The van der Waals surface area contributed by atoms with E-state index in [1.165, 1.54) is 51.6 Å². The molecule has 0 radical (unpaired) electrons. The van der Waals surface area contributed by atoms with Gasteiger partial charge < -0.3 is 10.1 Å². The number of carbonyl (C=O) groups excluding carboxylic acids is 1. The molecule has 2 aliphatic heterocycles. The third-order valence-electron chi connectivity index (χ3n) is 3.31. The van der Waals surface area contributed by atoms with Gasteiger partial charge in [0.25, 0.3) is 0 Å². The zero-order valence-electron chi connectivity index (χ0n) is 11.7. The number of hydrogen-bond donors (Lipinski definition) is 1. The summed E-state index contributed by atoms with van der Waals surface area (Å²) in [7, 11) is 0. The normalized spacial score (nSPS) is 20.7. The molecule has 0 unspecified atom stereocenters. The molecule has 0 saturated carbocycles. The lowest BCUT2D eigenvalue weighted by molar-refractivity contribution is -0.144. The SMILES string of the molecule is C1CCNCC1.CCOC(=O)CN1CCCCC1. The van der Waals surface area contributed by atoms with Gasteiger partial charge in [-0.05, 0) is 58.8 Å². The summed E-state index contributed by atoms with van der Waals surface area (Å²) in [5, 5.41) is 3.28. The van der Waals surface area contributed by atoms with Crippen molar-refractivity contribution in [2.45, 2.75) is 45.4 Å². The highest BCUT2D eigenvalue weighted by atomic mass is 16.5. The fourth-order valence-corrected chi connectivity index (χ4v) is 2.31. The third-order valence-corrected chi connectivity index (χ3v) is 3.31. The van der Waals surface area contributed by atoms with Crippen LogP contribution in [0.5, 0.6) is 0 Å². The van der Waals surface area contributed by atoms with Crippen LogP contribution in [0.2, 0.25) is 0 Å². The molecule has 106 valence electrons. The van der Waals surface area contributed by atoms with Crippen molar-refractivity contribution in [2.75, 3.05) is 39.3 Å². The zero-order valence-corrected chi connectivity index (χ0v) is 11.7. The minimum atomic E-state index is -0.0839. The summed E-state index contributed by atoms with van der Waals surface area (Å²) in [5.41, 5.74) is 0. The molecule has 2 fully saturated rings. The van der Waals surface area contributed by atoms with Crippen LogP contribution in [0.15, 0.2) is 0 Å². The zero-order chi connectivity index (χ0) is 13.1. The minimum Gasteiger partial charge on any atom is -0.465 e. The molecular weight excluding hydrogens is 228 g/mol. The summed E-state index contributed by atoms with van der Waals surface area (Å²) in [6.45, 7) is 7.42. The van der Waals surface area contributed by atoms with Crippen molar-refractivity contribution in [2.24, 2.45) is 0 Å². The molecular formula is C14H28N2O2. The van der Waals surface area contributed by atoms with E-state index in [0.717, 1.165) is 13.1 Å². The monoisotopic (exact) mass is 256 g/mol. The number of piperidine rings is 2. The van der Waals surface area contributed by atoms with E-state index in [4.69, 9.17) is 4.74 Å². The molecule has 0 bridgehead atoms. The smallest absolute Gasteiger partial charge is 0.320 e. The molecule has 0 aromatic heterocycles. The van der Waals surface area contributed by atoms with Gasteiger partial charge in [-0.15, -0.1) is 0 Å². The molecule has 0 atom stereocenters. The van der Waals surface area contributed by atoms with Crippen LogP contribution in [0.25, 0.3) is 0 Å². The van der Waals surface area contributed by atoms with E-state index in [9.17, 15) is 4.79 Å². The van der Waals surface area contributed by atoms with E-state index in [1.54, 1.807) is 0 Å². The molecule has 0 amide bonds. The predicted molar refractivity (Wildman–Crippen MR) is 73.6 cm³/mol. The molecule has 2 rings (SSSR count). The highest BCUT2D eigenvalue weighted by molar-refractivity contribution is 5.71. The predicted octanol–water partition coefficient (Wildman–Crippen LogP) is 1.80. The summed E-state index contributed by atoms with van der Waals surface area (Å²) < 4.78 is 4.86. The van der Waals surface area contributed by atoms with Gasteiger partial charge in [0.15, 0.2) is 0 Å². The van der Waals surface area contributed by atoms with E-state index in [1.807, 2.05) is 6.92 Å². The molecule has 2 heterocycles. The fourth-order valence-electron chi connectivity index (χ4n) is 2.31. The Morgan fingerprint density at radius 2 is 1.67 bits per heavy atom. The lowest BCUT2D eigenvalue weighted by Gasteiger charge is -2.24. The maximum Gasteiger partial charge on any atom is 0.320 e. The first-order chi connectivity index (χ1) is 8.83. The maximum absolute atomic E-state index is 11.0. The van der Waals surface area contributed by atoms with Gasteiger partial charge in [0.1, 0.15) is 0 Å². The Morgan fingerprint density at radius 1 is 1.06 bits per heavy atom.